The minimum absolute atomic E-state index is 0. The summed E-state index contributed by atoms with van der Waals surface area (Å²) < 4.78 is 261. The van der Waals surface area contributed by atoms with Crippen molar-refractivity contribution < 1.29 is 166 Å². The van der Waals surface area contributed by atoms with Crippen LogP contribution in [0.1, 0.15) is 67.5 Å². The van der Waals surface area contributed by atoms with Crippen LogP contribution in [0.25, 0.3) is 33.1 Å². The molecule has 18 rings (SSSR count). The first-order chi connectivity index (χ1) is 61.7. The third kappa shape index (κ3) is 41.6. The SMILES string of the molecule is F[P-](F)(F)(F)(F)F.F[P-](F)(F)(F)(F)F.F[P-](F)(F)(F)(F)F.F[P-](F)(F)(F)(F)F.[Cu+2].[Cu+].[Cu+].[c-]1n(Cc2cn(Cc3ccccc3)nn2)c2ccccc2[n+]1Cc1cn(Cc2ccccc2)nn1.[c-]1n(Cc2cn(Cc3ccccc3)nn2)c2ccccc2[n+]1Cc1cn(Cc2ccccc2)nn1.[c-]1n(Cc2cn(Cc3ccccc3)nn2)c2ccccc2[n+]1Cc1cn(Cc2ccccc2)nn1. The van der Waals surface area contributed by atoms with Gasteiger partial charge in [-0.2, -0.15) is 0 Å². The van der Waals surface area contributed by atoms with Crippen LogP contribution >= 0.6 is 31.2 Å². The molecule has 0 aliphatic heterocycles. The van der Waals surface area contributed by atoms with Crippen LogP contribution in [0.15, 0.2) is 292 Å². The number of fused-ring (bicyclic) bond motifs is 3. The summed E-state index contributed by atoms with van der Waals surface area (Å²) >= 11 is 0. The number of rotatable bonds is 24. The van der Waals surface area contributed by atoms with E-state index in [1.165, 1.54) is 33.4 Å². The Morgan fingerprint density at radius 1 is 0.206 bits per heavy atom. The van der Waals surface area contributed by atoms with Crippen molar-refractivity contribution in [2.45, 2.75) is 78.5 Å². The van der Waals surface area contributed by atoms with Crippen LogP contribution in [-0.2, 0) is 130 Å². The fourth-order valence-electron chi connectivity index (χ4n) is 12.8. The number of hydrogen-bond acceptors (Lipinski definition) is 12. The van der Waals surface area contributed by atoms with Crippen molar-refractivity contribution in [2.75, 3.05) is 0 Å². The van der Waals surface area contributed by atoms with Crippen molar-refractivity contribution in [3.05, 3.63) is 378 Å². The number of nitrogens with zero attached hydrogens (tertiary/aromatic N) is 24. The Balaban J connectivity index is 0.000000198. The van der Waals surface area contributed by atoms with E-state index in [0.29, 0.717) is 78.5 Å². The molecule has 55 heteroatoms. The maximum Gasteiger partial charge on any atom is 2.00 e. The molecule has 0 amide bonds. The van der Waals surface area contributed by atoms with Gasteiger partial charge in [-0.05, 0) is 33.4 Å². The van der Waals surface area contributed by atoms with Crippen LogP contribution in [-0.4, -0.2) is 104 Å². The Labute approximate surface area is 786 Å². The van der Waals surface area contributed by atoms with Gasteiger partial charge in [-0.3, -0.25) is 0 Å². The molecule has 0 saturated carbocycles. The van der Waals surface area contributed by atoms with E-state index in [-0.39, 0.29) is 51.2 Å². The number of para-hydroxylation sites is 6. The van der Waals surface area contributed by atoms with Gasteiger partial charge in [0.25, 0.3) is 0 Å². The molecule has 18 aromatic rings. The summed E-state index contributed by atoms with van der Waals surface area (Å²) in [5.74, 6) is 0. The molecule has 136 heavy (non-hydrogen) atoms. The Morgan fingerprint density at radius 3 is 0.529 bits per heavy atom. The Hall–Kier alpha value is -12.2. The van der Waals surface area contributed by atoms with Crippen LogP contribution < -0.4 is 13.7 Å². The fourth-order valence-corrected chi connectivity index (χ4v) is 12.8. The second kappa shape index (κ2) is 40.2. The first kappa shape index (κ1) is 107. The molecule has 0 aliphatic rings. The van der Waals surface area contributed by atoms with Crippen LogP contribution in [0.4, 0.5) is 101 Å². The van der Waals surface area contributed by atoms with Crippen molar-refractivity contribution >= 4 is 64.3 Å². The first-order valence-electron chi connectivity index (χ1n) is 38.7. The molecule has 24 nitrogen and oxygen atoms in total. The van der Waals surface area contributed by atoms with E-state index in [1.807, 2.05) is 211 Å². The summed E-state index contributed by atoms with van der Waals surface area (Å²) in [4.78, 5) is 0. The molecule has 0 saturated heterocycles. The molecule has 0 spiro atoms. The van der Waals surface area contributed by atoms with Gasteiger partial charge in [0.2, 0.25) is 19.0 Å². The average Bonchev–Trinajstić information content (AvgIpc) is 1.75. The van der Waals surface area contributed by atoms with E-state index in [0.717, 1.165) is 67.3 Å². The van der Waals surface area contributed by atoms with Crippen molar-refractivity contribution in [3.63, 3.8) is 0 Å². The standard InChI is InChI=1S/3C27H24N8.3Cu.4F6P/c3*1-3-9-22(10-4-1)15-34-19-24(28-30-34)17-32-21-33(27-14-8-7-13-26(27)32)18-25-20-35(31-29-25)16-23-11-5-2-6-12-23;;;;4*1-7(2,3,4,5)6/h3*1-14,19-20H,15-18H2;;;;;;;/q;;;2*+1;+2;4*-1. The minimum atomic E-state index is -10.7. The molecular formula is C81H72Cu3F24N24P4. The van der Waals surface area contributed by atoms with Crippen molar-refractivity contribution in [1.82, 2.24) is 104 Å². The summed E-state index contributed by atoms with van der Waals surface area (Å²) in [7, 11) is -42.6. The summed E-state index contributed by atoms with van der Waals surface area (Å²) in [6, 6.07) is 86.5. The summed E-state index contributed by atoms with van der Waals surface area (Å²) in [5, 5.41) is 52.2. The molecule has 9 heterocycles. The van der Waals surface area contributed by atoms with Crippen LogP contribution in [0, 0.1) is 19.0 Å². The predicted octanol–water partition coefficient (Wildman–Crippen LogP) is 22.8. The van der Waals surface area contributed by atoms with E-state index >= 15 is 0 Å². The van der Waals surface area contributed by atoms with Crippen LogP contribution in [0.3, 0.4) is 0 Å². The van der Waals surface area contributed by atoms with Gasteiger partial charge in [-0.15, -0.1) is 30.6 Å². The Kier molecular flexibility index (Phi) is 31.8. The van der Waals surface area contributed by atoms with Gasteiger partial charge in [0.1, 0.15) is 73.4 Å². The number of benzene rings is 9. The first-order valence-corrected chi connectivity index (χ1v) is 46.9. The Bertz CT molecular complexity index is 5840. The number of halogens is 24. The molecule has 737 valence electrons. The largest absolute Gasteiger partial charge is 2.00 e. The fraction of sp³-hybridized carbons (Fsp3) is 0.148. The number of imidazole rings is 3. The molecule has 0 atom stereocenters. The average molecular weight is 2150 g/mol. The van der Waals surface area contributed by atoms with E-state index in [1.54, 1.807) is 0 Å². The maximum absolute atomic E-state index is 10.7. The molecule has 0 unspecified atom stereocenters. The van der Waals surface area contributed by atoms with Gasteiger partial charge >= 0.3 is 183 Å². The predicted molar refractivity (Wildman–Crippen MR) is 445 cm³/mol. The zero-order valence-corrected chi connectivity index (χ0v) is 75.6. The summed E-state index contributed by atoms with van der Waals surface area (Å²) in [6.07, 6.45) is 22.4. The molecule has 0 fully saturated rings. The molecule has 9 aromatic carbocycles. The number of hydrogen-bond donors (Lipinski definition) is 0. The van der Waals surface area contributed by atoms with E-state index in [2.05, 4.69) is 217 Å². The van der Waals surface area contributed by atoms with Crippen LogP contribution in [0.2, 0.25) is 0 Å². The zero-order chi connectivity index (χ0) is 96.0. The van der Waals surface area contributed by atoms with Gasteiger partial charge in [0.15, 0.2) is 0 Å². The normalized spacial score (nSPS) is 13.5. The van der Waals surface area contributed by atoms with Gasteiger partial charge in [0.05, 0.1) is 76.4 Å². The minimum Gasteiger partial charge on any atom is -0.339 e. The summed E-state index contributed by atoms with van der Waals surface area (Å²) in [6.45, 7) is 7.70. The van der Waals surface area contributed by atoms with Crippen LogP contribution in [0.5, 0.6) is 0 Å². The maximum atomic E-state index is 9.87. The summed E-state index contributed by atoms with van der Waals surface area (Å²) in [5.41, 5.74) is 19.0. The smallest absolute Gasteiger partial charge is 0.339 e. The van der Waals surface area contributed by atoms with Crippen molar-refractivity contribution in [1.29, 1.82) is 0 Å². The van der Waals surface area contributed by atoms with Gasteiger partial charge in [-0.1, -0.05) is 286 Å². The second-order valence-corrected chi connectivity index (χ2v) is 37.1. The Morgan fingerprint density at radius 2 is 0.353 bits per heavy atom. The second-order valence-electron chi connectivity index (χ2n) is 29.5. The van der Waals surface area contributed by atoms with Gasteiger partial charge in [-0.25, -0.2) is 28.1 Å². The molecule has 1 radical (unpaired) electrons. The van der Waals surface area contributed by atoms with E-state index in [4.69, 9.17) is 0 Å². The molecule has 0 aliphatic carbocycles. The monoisotopic (exact) mass is 2150 g/mol. The molecule has 0 bridgehead atoms. The zero-order valence-electron chi connectivity index (χ0n) is 69.2. The topological polar surface area (TPSA) is 211 Å². The quantitative estimate of drug-likeness (QED) is 0.0182. The van der Waals surface area contributed by atoms with Gasteiger partial charge < -0.3 is 27.4 Å². The van der Waals surface area contributed by atoms with Gasteiger partial charge in [0, 0.05) is 33.1 Å². The number of aromatic nitrogens is 24. The third-order valence-electron chi connectivity index (χ3n) is 17.7. The van der Waals surface area contributed by atoms with E-state index in [9.17, 15) is 101 Å². The third-order valence-corrected chi connectivity index (χ3v) is 17.7. The molecule has 0 N–H and O–H groups in total. The van der Waals surface area contributed by atoms with Crippen molar-refractivity contribution in [2.24, 2.45) is 0 Å². The van der Waals surface area contributed by atoms with Crippen molar-refractivity contribution in [3.8, 4) is 0 Å². The molecule has 9 aromatic heterocycles. The van der Waals surface area contributed by atoms with E-state index < -0.39 is 31.2 Å². The molecular weight excluding hydrogens is 2080 g/mol.